The average molecular weight is 434 g/mol. The van der Waals surface area contributed by atoms with Crippen LogP contribution in [0.3, 0.4) is 0 Å². The number of halogens is 4. The molecule has 2 aromatic carbocycles. The van der Waals surface area contributed by atoms with Crippen LogP contribution in [-0.4, -0.2) is 17.6 Å². The molecule has 7 heteroatoms. The van der Waals surface area contributed by atoms with Gasteiger partial charge >= 0.3 is 21.7 Å². The molecule has 2 aromatic rings. The van der Waals surface area contributed by atoms with Crippen molar-refractivity contribution in [3.63, 3.8) is 0 Å². The van der Waals surface area contributed by atoms with Crippen LogP contribution in [0, 0.1) is 0 Å². The minimum Gasteiger partial charge on any atom is -1.00 e. The smallest absolute Gasteiger partial charge is 1.00 e. The van der Waals surface area contributed by atoms with E-state index in [9.17, 15) is 0 Å². The van der Waals surface area contributed by atoms with E-state index in [2.05, 4.69) is 38.3 Å². The van der Waals surface area contributed by atoms with Gasteiger partial charge in [0.25, 0.3) is 0 Å². The Hall–Kier alpha value is 1.01. The fourth-order valence-corrected chi connectivity index (χ4v) is 5.63. The van der Waals surface area contributed by atoms with E-state index in [1.807, 2.05) is 24.3 Å². The predicted octanol–water partition coefficient (Wildman–Crippen LogP) is -2.49. The van der Waals surface area contributed by atoms with Gasteiger partial charge in [0, 0.05) is 17.6 Å². The van der Waals surface area contributed by atoms with E-state index in [0.717, 1.165) is 10.0 Å². The average Bonchev–Trinajstić information content (AvgIpc) is 2.87. The molecule has 0 aliphatic carbocycles. The molecule has 0 saturated carbocycles. The number of hydrogen-bond acceptors (Lipinski definition) is 0. The molecule has 0 aromatic heterocycles. The normalized spacial score (nSPS) is 9.14. The van der Waals surface area contributed by atoms with Gasteiger partial charge in [-0.3, -0.25) is 0 Å². The Balaban J connectivity index is -0.000000270. The van der Waals surface area contributed by atoms with E-state index in [1.165, 1.54) is 10.4 Å². The van der Waals surface area contributed by atoms with Gasteiger partial charge in [0.05, 0.1) is 0 Å². The van der Waals surface area contributed by atoms with Crippen molar-refractivity contribution < 1.29 is 46.5 Å². The molecule has 0 fully saturated rings. The summed E-state index contributed by atoms with van der Waals surface area (Å²) >= 11 is 11.7. The molecule has 0 atom stereocenters. The molecule has 0 nitrogen and oxygen atoms in total. The molecule has 0 N–H and O–H groups in total. The number of rotatable bonds is 2. The molecule has 0 bridgehead atoms. The molecule has 21 heavy (non-hydrogen) atoms. The van der Waals surface area contributed by atoms with Crippen molar-refractivity contribution in [2.45, 2.75) is 26.2 Å². The molecule has 0 radical (unpaired) electrons. The van der Waals surface area contributed by atoms with Gasteiger partial charge in [-0.15, -0.1) is 33.6 Å². The minimum atomic E-state index is -0.651. The van der Waals surface area contributed by atoms with Crippen molar-refractivity contribution in [2.75, 3.05) is 0 Å². The topological polar surface area (TPSA) is 0 Å². The third kappa shape index (κ3) is 9.02. The monoisotopic (exact) mass is 432 g/mol. The zero-order valence-electron chi connectivity index (χ0n) is 12.6. The largest absolute Gasteiger partial charge is 4.00 e. The van der Waals surface area contributed by atoms with E-state index >= 15 is 0 Å². The Morgan fingerprint density at radius 3 is 1.14 bits per heavy atom. The maximum atomic E-state index is 5.87. The van der Waals surface area contributed by atoms with Crippen LogP contribution in [0.25, 0.3) is 0 Å². The minimum absolute atomic E-state index is 0. The van der Waals surface area contributed by atoms with E-state index < -0.39 is 17.6 Å². The van der Waals surface area contributed by atoms with E-state index in [4.69, 9.17) is 23.2 Å². The molecule has 116 valence electrons. The predicted molar refractivity (Wildman–Crippen MR) is 91.1 cm³/mol. The van der Waals surface area contributed by atoms with Gasteiger partial charge in [-0.05, 0) is 0 Å². The van der Waals surface area contributed by atoms with Crippen LogP contribution in [0.5, 0.6) is 0 Å². The Kier molecular flexibility index (Phi) is 17.2. The maximum Gasteiger partial charge on any atom is 4.00 e. The van der Waals surface area contributed by atoms with Crippen LogP contribution in [0.2, 0.25) is 36.2 Å². The molecule has 0 saturated heterocycles. The summed E-state index contributed by atoms with van der Waals surface area (Å²) in [4.78, 5) is 0. The molecule has 0 amide bonds. The molecule has 2 rings (SSSR count). The fourth-order valence-electron chi connectivity index (χ4n) is 1.76. The maximum absolute atomic E-state index is 5.87. The molecule has 0 heterocycles. The zero-order valence-corrected chi connectivity index (χ0v) is 19.5. The Labute approximate surface area is 169 Å². The van der Waals surface area contributed by atoms with Gasteiger partial charge in [0.15, 0.2) is 0 Å². The first kappa shape index (κ1) is 26.9. The van der Waals surface area contributed by atoms with E-state index in [0.29, 0.717) is 0 Å². The van der Waals surface area contributed by atoms with Crippen LogP contribution in [-0.2, 0) is 21.7 Å². The summed E-state index contributed by atoms with van der Waals surface area (Å²) in [6.45, 7) is 9.12. The summed E-state index contributed by atoms with van der Waals surface area (Å²) in [5.41, 5.74) is 0. The van der Waals surface area contributed by atoms with Gasteiger partial charge in [0.1, 0.15) is 0 Å². The van der Waals surface area contributed by atoms with E-state index in [-0.39, 0.29) is 46.5 Å². The summed E-state index contributed by atoms with van der Waals surface area (Å²) in [6.07, 6.45) is 0. The standard InChI is InChI=1S/2C7H10ClSi.2ClH.Ti/c2*1-9(2)7-5-3-4-6(7)8;;;/h2*3-5,9H,1-2H3;2*1H;/q2*-1;;;+4/p-2. The molecular weight excluding hydrogens is 414 g/mol. The first-order valence-electron chi connectivity index (χ1n) is 6.25. The first-order chi connectivity index (χ1) is 8.43. The van der Waals surface area contributed by atoms with Crippen molar-refractivity contribution in [3.8, 4) is 0 Å². The van der Waals surface area contributed by atoms with Gasteiger partial charge in [-0.25, -0.2) is 12.1 Å². The first-order valence-corrected chi connectivity index (χ1v) is 12.8. The van der Waals surface area contributed by atoms with Crippen LogP contribution < -0.4 is 35.2 Å². The SMILES string of the molecule is C[SiH](C)[c-]1cccc1Cl.C[SiH](C)[c-]1cccc1Cl.[Cl-].[Cl-].[Ti+4]. The van der Waals surface area contributed by atoms with Crippen molar-refractivity contribution in [1.29, 1.82) is 0 Å². The molecule has 0 spiro atoms. The van der Waals surface area contributed by atoms with Gasteiger partial charge in [-0.2, -0.15) is 24.3 Å². The van der Waals surface area contributed by atoms with Crippen molar-refractivity contribution in [3.05, 3.63) is 46.4 Å². The molecule has 0 unspecified atom stereocenters. The van der Waals surface area contributed by atoms with Crippen LogP contribution >= 0.6 is 23.2 Å². The summed E-state index contributed by atoms with van der Waals surface area (Å²) in [5.74, 6) is 0. The third-order valence-corrected chi connectivity index (χ3v) is 7.38. The second-order valence-electron chi connectivity index (χ2n) is 4.97. The zero-order chi connectivity index (χ0) is 13.7. The Morgan fingerprint density at radius 2 is 1.05 bits per heavy atom. The number of hydrogen-bond donors (Lipinski definition) is 0. The van der Waals surface area contributed by atoms with Crippen LogP contribution in [0.4, 0.5) is 0 Å². The summed E-state index contributed by atoms with van der Waals surface area (Å²) in [6, 6.07) is 12.2. The van der Waals surface area contributed by atoms with Crippen molar-refractivity contribution >= 4 is 51.2 Å². The second-order valence-corrected chi connectivity index (χ2v) is 11.6. The third-order valence-electron chi connectivity index (χ3n) is 2.83. The molecule has 0 aliphatic heterocycles. The van der Waals surface area contributed by atoms with Crippen LogP contribution in [0.1, 0.15) is 0 Å². The van der Waals surface area contributed by atoms with Crippen molar-refractivity contribution in [1.82, 2.24) is 0 Å². The van der Waals surface area contributed by atoms with Crippen LogP contribution in [0.15, 0.2) is 36.4 Å². The van der Waals surface area contributed by atoms with E-state index in [1.54, 1.807) is 0 Å². The molecular formula is C14H20Cl4Si2Ti. The Morgan fingerprint density at radius 1 is 0.762 bits per heavy atom. The van der Waals surface area contributed by atoms with Gasteiger partial charge in [-0.1, -0.05) is 36.2 Å². The second kappa shape index (κ2) is 13.4. The van der Waals surface area contributed by atoms with Crippen molar-refractivity contribution in [2.24, 2.45) is 0 Å². The summed E-state index contributed by atoms with van der Waals surface area (Å²) < 4.78 is 0. The van der Waals surface area contributed by atoms with Gasteiger partial charge in [0.2, 0.25) is 0 Å². The van der Waals surface area contributed by atoms with Gasteiger partial charge < -0.3 is 24.8 Å². The fraction of sp³-hybridized carbons (Fsp3) is 0.286. The summed E-state index contributed by atoms with van der Waals surface area (Å²) in [7, 11) is -1.30. The molecule has 0 aliphatic rings. The Bertz CT molecular complexity index is 437. The quantitative estimate of drug-likeness (QED) is 0.363. The summed E-state index contributed by atoms with van der Waals surface area (Å²) in [5, 5.41) is 4.68.